The lowest BCUT2D eigenvalue weighted by Gasteiger charge is -2.17. The van der Waals surface area contributed by atoms with E-state index in [0.717, 1.165) is 17.9 Å². The van der Waals surface area contributed by atoms with Crippen molar-refractivity contribution in [1.29, 1.82) is 0 Å². The molecule has 0 bridgehead atoms. The number of anilines is 1. The fraction of sp³-hybridized carbons (Fsp3) is 0.600. The van der Waals surface area contributed by atoms with Gasteiger partial charge in [-0.2, -0.15) is 0 Å². The molecule has 0 heterocycles. The molecule has 0 amide bonds. The zero-order chi connectivity index (χ0) is 13.2. The molecule has 0 fully saturated rings. The lowest BCUT2D eigenvalue weighted by Crippen LogP contribution is -2.23. The van der Waals surface area contributed by atoms with Crippen LogP contribution < -0.4 is 10.1 Å². The average molecular weight is 251 g/mol. The van der Waals surface area contributed by atoms with Gasteiger partial charge < -0.3 is 15.2 Å². The summed E-state index contributed by atoms with van der Waals surface area (Å²) in [5.74, 6) is 0.851. The van der Waals surface area contributed by atoms with Crippen molar-refractivity contribution >= 4 is 5.69 Å². The first kappa shape index (κ1) is 14.8. The van der Waals surface area contributed by atoms with E-state index >= 15 is 0 Å². The molecule has 1 atom stereocenters. The Balaban J connectivity index is 2.36. The zero-order valence-electron chi connectivity index (χ0n) is 11.5. The lowest BCUT2D eigenvalue weighted by molar-refractivity contribution is 0.266. The van der Waals surface area contributed by atoms with Crippen LogP contribution in [0.25, 0.3) is 0 Å². The minimum Gasteiger partial charge on any atom is -0.497 e. The maximum atomic E-state index is 9.36. The number of benzene rings is 1. The Kier molecular flexibility index (Phi) is 7.26. The predicted molar refractivity (Wildman–Crippen MR) is 76.2 cm³/mol. The summed E-state index contributed by atoms with van der Waals surface area (Å²) in [6.45, 7) is 2.39. The summed E-state index contributed by atoms with van der Waals surface area (Å²) in [6, 6.07) is 7.96. The van der Waals surface area contributed by atoms with E-state index in [-0.39, 0.29) is 12.6 Å². The third-order valence-electron chi connectivity index (χ3n) is 3.09. The van der Waals surface area contributed by atoms with Crippen LogP contribution in [0.2, 0.25) is 0 Å². The van der Waals surface area contributed by atoms with Crippen LogP contribution in [0.3, 0.4) is 0 Å². The minimum atomic E-state index is 0.148. The monoisotopic (exact) mass is 251 g/mol. The Morgan fingerprint density at radius 2 is 1.89 bits per heavy atom. The van der Waals surface area contributed by atoms with E-state index in [4.69, 9.17) is 4.74 Å². The highest BCUT2D eigenvalue weighted by Gasteiger charge is 2.06. The summed E-state index contributed by atoms with van der Waals surface area (Å²) in [7, 11) is 1.66. The van der Waals surface area contributed by atoms with Crippen molar-refractivity contribution in [3.63, 3.8) is 0 Å². The van der Waals surface area contributed by atoms with Crippen LogP contribution in [-0.4, -0.2) is 24.9 Å². The van der Waals surface area contributed by atoms with Gasteiger partial charge in [-0.05, 0) is 30.7 Å². The van der Waals surface area contributed by atoms with Crippen molar-refractivity contribution < 1.29 is 9.84 Å². The maximum Gasteiger partial charge on any atom is 0.119 e. The Hall–Kier alpha value is -1.22. The molecule has 102 valence electrons. The van der Waals surface area contributed by atoms with Gasteiger partial charge in [0.15, 0.2) is 0 Å². The predicted octanol–water partition coefficient (Wildman–Crippen LogP) is 3.44. The molecule has 1 aromatic rings. The Morgan fingerprint density at radius 3 is 2.44 bits per heavy atom. The number of methoxy groups -OCH3 is 1. The van der Waals surface area contributed by atoms with Crippen molar-refractivity contribution in [3.05, 3.63) is 24.3 Å². The number of nitrogens with one attached hydrogen (secondary N) is 1. The number of ether oxygens (including phenoxy) is 1. The molecule has 18 heavy (non-hydrogen) atoms. The van der Waals surface area contributed by atoms with Gasteiger partial charge in [-0.3, -0.25) is 0 Å². The molecule has 1 rings (SSSR count). The van der Waals surface area contributed by atoms with Crippen LogP contribution >= 0.6 is 0 Å². The second-order valence-corrected chi connectivity index (χ2v) is 4.60. The topological polar surface area (TPSA) is 41.5 Å². The number of hydrogen-bond donors (Lipinski definition) is 2. The number of aliphatic hydroxyl groups excluding tert-OH is 1. The molecule has 0 spiro atoms. The third kappa shape index (κ3) is 5.41. The van der Waals surface area contributed by atoms with Crippen LogP contribution in [0.5, 0.6) is 5.75 Å². The molecule has 0 aromatic heterocycles. The normalized spacial score (nSPS) is 12.2. The molecule has 3 heteroatoms. The highest BCUT2D eigenvalue weighted by molar-refractivity contribution is 5.47. The summed E-state index contributed by atoms with van der Waals surface area (Å²) in [5.41, 5.74) is 1.03. The standard InChI is InChI=1S/C15H25NO2/c1-3-4-5-6-7-14(12-17)16-13-8-10-15(18-2)11-9-13/h8-11,14,16-17H,3-7,12H2,1-2H3. The van der Waals surface area contributed by atoms with E-state index in [1.54, 1.807) is 7.11 Å². The fourth-order valence-electron chi connectivity index (χ4n) is 1.95. The Bertz CT molecular complexity index is 311. The molecule has 1 unspecified atom stereocenters. The van der Waals surface area contributed by atoms with E-state index < -0.39 is 0 Å². The van der Waals surface area contributed by atoms with E-state index in [9.17, 15) is 5.11 Å². The van der Waals surface area contributed by atoms with Gasteiger partial charge in [0.2, 0.25) is 0 Å². The van der Waals surface area contributed by atoms with Crippen molar-refractivity contribution in [3.8, 4) is 5.75 Å². The number of aliphatic hydroxyl groups is 1. The second-order valence-electron chi connectivity index (χ2n) is 4.60. The van der Waals surface area contributed by atoms with Crippen molar-refractivity contribution in [1.82, 2.24) is 0 Å². The van der Waals surface area contributed by atoms with Crippen molar-refractivity contribution in [2.24, 2.45) is 0 Å². The van der Waals surface area contributed by atoms with Gasteiger partial charge in [0.05, 0.1) is 13.7 Å². The van der Waals surface area contributed by atoms with Gasteiger partial charge in [-0.15, -0.1) is 0 Å². The van der Waals surface area contributed by atoms with Crippen LogP contribution in [-0.2, 0) is 0 Å². The smallest absolute Gasteiger partial charge is 0.119 e. The summed E-state index contributed by atoms with van der Waals surface area (Å²) >= 11 is 0. The zero-order valence-corrected chi connectivity index (χ0v) is 11.5. The summed E-state index contributed by atoms with van der Waals surface area (Å²) in [6.07, 6.45) is 5.96. The van der Waals surface area contributed by atoms with E-state index in [1.807, 2.05) is 24.3 Å². The molecule has 2 N–H and O–H groups in total. The highest BCUT2D eigenvalue weighted by Crippen LogP contribution is 2.17. The molecule has 0 saturated heterocycles. The van der Waals surface area contributed by atoms with Gasteiger partial charge in [0.25, 0.3) is 0 Å². The third-order valence-corrected chi connectivity index (χ3v) is 3.09. The summed E-state index contributed by atoms with van der Waals surface area (Å²) in [4.78, 5) is 0. The molecule has 0 aliphatic carbocycles. The molecule has 0 radical (unpaired) electrons. The lowest BCUT2D eigenvalue weighted by atomic mass is 10.1. The number of hydrogen-bond acceptors (Lipinski definition) is 3. The highest BCUT2D eigenvalue weighted by atomic mass is 16.5. The van der Waals surface area contributed by atoms with Crippen LogP contribution in [0.1, 0.15) is 39.0 Å². The second kappa shape index (κ2) is 8.81. The molecular formula is C15H25NO2. The van der Waals surface area contributed by atoms with E-state index in [0.29, 0.717) is 0 Å². The SMILES string of the molecule is CCCCCCC(CO)Nc1ccc(OC)cc1. The first-order valence-electron chi connectivity index (χ1n) is 6.81. The fourth-order valence-corrected chi connectivity index (χ4v) is 1.95. The minimum absolute atomic E-state index is 0.148. The van der Waals surface area contributed by atoms with Gasteiger partial charge in [-0.1, -0.05) is 32.6 Å². The van der Waals surface area contributed by atoms with Crippen molar-refractivity contribution in [2.75, 3.05) is 19.0 Å². The van der Waals surface area contributed by atoms with Crippen LogP contribution in [0, 0.1) is 0 Å². The van der Waals surface area contributed by atoms with Gasteiger partial charge in [0, 0.05) is 11.7 Å². The van der Waals surface area contributed by atoms with Gasteiger partial charge in [0.1, 0.15) is 5.75 Å². The molecule has 0 aliphatic heterocycles. The molecule has 1 aromatic carbocycles. The molecule has 3 nitrogen and oxygen atoms in total. The quantitative estimate of drug-likeness (QED) is 0.661. The van der Waals surface area contributed by atoms with Crippen LogP contribution in [0.4, 0.5) is 5.69 Å². The largest absolute Gasteiger partial charge is 0.497 e. The Labute approximate surface area is 110 Å². The summed E-state index contributed by atoms with van der Waals surface area (Å²) < 4.78 is 5.12. The molecular weight excluding hydrogens is 226 g/mol. The van der Waals surface area contributed by atoms with Crippen LogP contribution in [0.15, 0.2) is 24.3 Å². The van der Waals surface area contributed by atoms with Crippen molar-refractivity contribution in [2.45, 2.75) is 45.1 Å². The number of rotatable bonds is 9. The van der Waals surface area contributed by atoms with E-state index in [2.05, 4.69) is 12.2 Å². The summed E-state index contributed by atoms with van der Waals surface area (Å²) in [5, 5.41) is 12.7. The molecule has 0 saturated carbocycles. The first-order valence-corrected chi connectivity index (χ1v) is 6.81. The van der Waals surface area contributed by atoms with Gasteiger partial charge >= 0.3 is 0 Å². The number of unbranched alkanes of at least 4 members (excludes halogenated alkanes) is 3. The van der Waals surface area contributed by atoms with Gasteiger partial charge in [-0.25, -0.2) is 0 Å². The maximum absolute atomic E-state index is 9.36. The first-order chi connectivity index (χ1) is 8.80. The molecule has 0 aliphatic rings. The Morgan fingerprint density at radius 1 is 1.17 bits per heavy atom. The van der Waals surface area contributed by atoms with E-state index in [1.165, 1.54) is 25.7 Å². The average Bonchev–Trinajstić information content (AvgIpc) is 2.43.